The Kier molecular flexibility index (Phi) is 6.32. The van der Waals surface area contributed by atoms with E-state index < -0.39 is 11.9 Å². The van der Waals surface area contributed by atoms with Gasteiger partial charge in [-0.2, -0.15) is 0 Å². The van der Waals surface area contributed by atoms with Gasteiger partial charge in [0.2, 0.25) is 5.91 Å². The highest BCUT2D eigenvalue weighted by atomic mass is 16.5. The molecule has 0 unspecified atom stereocenters. The number of nitrogens with zero attached hydrogens (tertiary/aromatic N) is 2. The first-order valence-corrected chi connectivity index (χ1v) is 10.9. The van der Waals surface area contributed by atoms with Crippen LogP contribution in [0.25, 0.3) is 16.5 Å². The third kappa shape index (κ3) is 4.41. The standard InChI is InChI=1S/C24H29N3O5/c1-15(28)31-9-7-27(8-10-32-16(2)29)24(30)18-11-20-19-5-4-6-21-23(19)17(13-25-21)12-22(20)26(3)14-18/h4-6,11,13,18,22,25H,7-10,12,14H2,1-3H3/t18-,22+/m0/s1. The van der Waals surface area contributed by atoms with Crippen molar-refractivity contribution in [1.82, 2.24) is 14.8 Å². The van der Waals surface area contributed by atoms with E-state index in [0.29, 0.717) is 6.54 Å². The van der Waals surface area contributed by atoms with Gasteiger partial charge in [-0.15, -0.1) is 0 Å². The first-order valence-electron chi connectivity index (χ1n) is 10.9. The molecule has 170 valence electrons. The Balaban J connectivity index is 1.59. The Bertz CT molecular complexity index is 1050. The number of esters is 2. The minimum Gasteiger partial charge on any atom is -0.464 e. The third-order valence-corrected chi connectivity index (χ3v) is 6.23. The Morgan fingerprint density at radius 1 is 1.12 bits per heavy atom. The van der Waals surface area contributed by atoms with Gasteiger partial charge in [-0.05, 0) is 36.2 Å². The Hall–Kier alpha value is -3.13. The second-order valence-electron chi connectivity index (χ2n) is 8.44. The number of fused-ring (bicyclic) bond motifs is 2. The highest BCUT2D eigenvalue weighted by molar-refractivity contribution is 5.99. The van der Waals surface area contributed by atoms with Crippen LogP contribution in [-0.4, -0.2) is 78.6 Å². The molecular weight excluding hydrogens is 410 g/mol. The van der Waals surface area contributed by atoms with E-state index >= 15 is 0 Å². The second-order valence-corrected chi connectivity index (χ2v) is 8.44. The number of aromatic nitrogens is 1. The number of carbonyl (C=O) groups excluding carboxylic acids is 3. The highest BCUT2D eigenvalue weighted by Gasteiger charge is 2.36. The van der Waals surface area contributed by atoms with Crippen LogP contribution in [0, 0.1) is 5.92 Å². The molecule has 1 N–H and O–H groups in total. The summed E-state index contributed by atoms with van der Waals surface area (Å²) < 4.78 is 10.1. The fraction of sp³-hybridized carbons (Fsp3) is 0.458. The summed E-state index contributed by atoms with van der Waals surface area (Å²) in [6.07, 6.45) is 5.09. The number of nitrogens with one attached hydrogen (secondary N) is 1. The quantitative estimate of drug-likeness (QED) is 0.664. The lowest BCUT2D eigenvalue weighted by atomic mass is 9.79. The van der Waals surface area contributed by atoms with Crippen molar-refractivity contribution in [3.63, 3.8) is 0 Å². The summed E-state index contributed by atoms with van der Waals surface area (Å²) >= 11 is 0. The molecule has 0 saturated carbocycles. The smallest absolute Gasteiger partial charge is 0.302 e. The van der Waals surface area contributed by atoms with Crippen LogP contribution in [-0.2, 0) is 30.3 Å². The molecule has 0 saturated heterocycles. The van der Waals surface area contributed by atoms with Gasteiger partial charge in [0.25, 0.3) is 0 Å². The maximum Gasteiger partial charge on any atom is 0.302 e. The zero-order valence-electron chi connectivity index (χ0n) is 18.7. The highest BCUT2D eigenvalue weighted by Crippen LogP contribution is 2.40. The normalized spacial score (nSPS) is 19.8. The van der Waals surface area contributed by atoms with Crippen molar-refractivity contribution in [3.8, 4) is 0 Å². The number of aromatic amines is 1. The number of likely N-dealkylation sites (N-methyl/N-ethyl adjacent to an activating group) is 1. The summed E-state index contributed by atoms with van der Waals surface area (Å²) in [6, 6.07) is 6.46. The number of ether oxygens (including phenoxy) is 2. The maximum atomic E-state index is 13.5. The molecule has 0 bridgehead atoms. The van der Waals surface area contributed by atoms with Crippen molar-refractivity contribution in [2.24, 2.45) is 5.92 Å². The van der Waals surface area contributed by atoms with Crippen LogP contribution >= 0.6 is 0 Å². The number of rotatable bonds is 7. The summed E-state index contributed by atoms with van der Waals surface area (Å²) in [5.41, 5.74) is 4.76. The molecule has 1 amide bonds. The molecular formula is C24H29N3O5. The number of hydrogen-bond donors (Lipinski definition) is 1. The van der Waals surface area contributed by atoms with Gasteiger partial charge < -0.3 is 19.4 Å². The molecule has 2 atom stereocenters. The van der Waals surface area contributed by atoms with E-state index in [4.69, 9.17) is 9.47 Å². The van der Waals surface area contributed by atoms with E-state index in [1.54, 1.807) is 4.90 Å². The molecule has 32 heavy (non-hydrogen) atoms. The molecule has 2 heterocycles. The van der Waals surface area contributed by atoms with E-state index in [2.05, 4.69) is 41.3 Å². The lowest BCUT2D eigenvalue weighted by Gasteiger charge is -2.40. The fourth-order valence-corrected chi connectivity index (χ4v) is 4.77. The molecule has 8 nitrogen and oxygen atoms in total. The summed E-state index contributed by atoms with van der Waals surface area (Å²) in [4.78, 5) is 43.0. The van der Waals surface area contributed by atoms with Gasteiger partial charge in [-0.25, -0.2) is 0 Å². The molecule has 0 radical (unpaired) electrons. The van der Waals surface area contributed by atoms with Crippen LogP contribution in [0.5, 0.6) is 0 Å². The molecule has 1 aromatic carbocycles. The van der Waals surface area contributed by atoms with Crippen LogP contribution in [0.4, 0.5) is 0 Å². The van der Waals surface area contributed by atoms with E-state index in [9.17, 15) is 14.4 Å². The Morgan fingerprint density at radius 2 is 1.81 bits per heavy atom. The molecule has 2 aliphatic rings. The fourth-order valence-electron chi connectivity index (χ4n) is 4.77. The van der Waals surface area contributed by atoms with Crippen LogP contribution in [0.15, 0.2) is 30.5 Å². The van der Waals surface area contributed by atoms with Crippen LogP contribution in [0.3, 0.4) is 0 Å². The topological polar surface area (TPSA) is 91.9 Å². The van der Waals surface area contributed by atoms with Crippen molar-refractivity contribution in [3.05, 3.63) is 41.6 Å². The van der Waals surface area contributed by atoms with Crippen LogP contribution < -0.4 is 0 Å². The summed E-state index contributed by atoms with van der Waals surface area (Å²) in [5, 5.41) is 1.23. The lowest BCUT2D eigenvalue weighted by Crippen LogP contribution is -2.48. The monoisotopic (exact) mass is 439 g/mol. The Labute approximate surface area is 187 Å². The van der Waals surface area contributed by atoms with E-state index in [-0.39, 0.29) is 44.2 Å². The SMILES string of the molecule is CC(=O)OCCN(CCOC(C)=O)C(=O)[C@H]1C=C2c3cccc4[nH]cc(c34)C[C@H]2N(C)C1. The van der Waals surface area contributed by atoms with Crippen molar-refractivity contribution < 1.29 is 23.9 Å². The van der Waals surface area contributed by atoms with Crippen molar-refractivity contribution >= 4 is 34.3 Å². The average Bonchev–Trinajstić information content (AvgIpc) is 3.16. The van der Waals surface area contributed by atoms with E-state index in [1.165, 1.54) is 35.9 Å². The molecule has 2 aromatic rings. The van der Waals surface area contributed by atoms with E-state index in [0.717, 1.165) is 11.9 Å². The first-order chi connectivity index (χ1) is 15.3. The predicted molar refractivity (Wildman–Crippen MR) is 120 cm³/mol. The zero-order valence-corrected chi connectivity index (χ0v) is 18.7. The molecule has 1 aliphatic carbocycles. The number of H-pyrrole nitrogens is 1. The summed E-state index contributed by atoms with van der Waals surface area (Å²) in [6.45, 7) is 3.99. The number of carbonyl (C=O) groups is 3. The Morgan fingerprint density at radius 3 is 2.47 bits per heavy atom. The van der Waals surface area contributed by atoms with Gasteiger partial charge in [0.15, 0.2) is 0 Å². The largest absolute Gasteiger partial charge is 0.464 e. The van der Waals surface area contributed by atoms with Crippen molar-refractivity contribution in [2.45, 2.75) is 26.3 Å². The number of benzene rings is 1. The molecule has 0 fully saturated rings. The molecule has 1 aromatic heterocycles. The van der Waals surface area contributed by atoms with Crippen LogP contribution in [0.2, 0.25) is 0 Å². The summed E-state index contributed by atoms with van der Waals surface area (Å²) in [5.74, 6) is -1.18. The van der Waals surface area contributed by atoms with Crippen molar-refractivity contribution in [2.75, 3.05) is 39.9 Å². The number of hydrogen-bond acceptors (Lipinski definition) is 6. The molecule has 8 heteroatoms. The van der Waals surface area contributed by atoms with Gasteiger partial charge in [-0.3, -0.25) is 19.3 Å². The second kappa shape index (κ2) is 9.16. The zero-order chi connectivity index (χ0) is 22.8. The third-order valence-electron chi connectivity index (χ3n) is 6.23. The van der Waals surface area contributed by atoms with Crippen molar-refractivity contribution in [1.29, 1.82) is 0 Å². The predicted octanol–water partition coefficient (Wildman–Crippen LogP) is 1.99. The van der Waals surface area contributed by atoms with Crippen LogP contribution in [0.1, 0.15) is 25.0 Å². The van der Waals surface area contributed by atoms with E-state index in [1.807, 2.05) is 6.07 Å². The molecule has 0 spiro atoms. The van der Waals surface area contributed by atoms with Gasteiger partial charge in [-0.1, -0.05) is 18.2 Å². The average molecular weight is 440 g/mol. The lowest BCUT2D eigenvalue weighted by molar-refractivity contribution is -0.146. The number of amides is 1. The summed E-state index contributed by atoms with van der Waals surface area (Å²) in [7, 11) is 2.05. The minimum atomic E-state index is -0.391. The maximum absolute atomic E-state index is 13.5. The molecule has 1 aliphatic heterocycles. The van der Waals surface area contributed by atoms with Gasteiger partial charge >= 0.3 is 11.9 Å². The molecule has 4 rings (SSSR count). The van der Waals surface area contributed by atoms with Gasteiger partial charge in [0.1, 0.15) is 13.2 Å². The first kappa shape index (κ1) is 22.1. The van der Waals surface area contributed by atoms with Gasteiger partial charge in [0, 0.05) is 43.5 Å². The minimum absolute atomic E-state index is 0.0610. The van der Waals surface area contributed by atoms with Gasteiger partial charge in [0.05, 0.1) is 19.0 Å².